The first-order chi connectivity index (χ1) is 14.4. The third-order valence-corrected chi connectivity index (χ3v) is 7.33. The standard InChI is InChI=1S/C24H26BrN2O2S/c1-16-10-17(2)14-26(13-16)23(28)15-27-20-8-3-4-9-21(20)30-22(24(27)29)12-18-6-5-7-19(25)11-18/h3-9,11-12,16-17,21H,10,13-15H2,1-2H3/q+1/b22-12+. The van der Waals surface area contributed by atoms with Crippen LogP contribution in [0.25, 0.3) is 6.08 Å². The summed E-state index contributed by atoms with van der Waals surface area (Å²) in [5.74, 6) is 0.924. The van der Waals surface area contributed by atoms with Gasteiger partial charge in [0.15, 0.2) is 0 Å². The number of piperidine rings is 1. The van der Waals surface area contributed by atoms with Crippen LogP contribution < -0.4 is 0 Å². The average Bonchev–Trinajstić information content (AvgIpc) is 2.70. The molecule has 0 N–H and O–H groups in total. The molecule has 1 fully saturated rings. The van der Waals surface area contributed by atoms with E-state index >= 15 is 0 Å². The van der Waals surface area contributed by atoms with Gasteiger partial charge in [0.05, 0.1) is 0 Å². The zero-order valence-corrected chi connectivity index (χ0v) is 19.7. The molecule has 2 amide bonds. The van der Waals surface area contributed by atoms with E-state index in [0.717, 1.165) is 35.3 Å². The predicted octanol–water partition coefficient (Wildman–Crippen LogP) is 4.52. The van der Waals surface area contributed by atoms with Crippen molar-refractivity contribution in [1.82, 2.24) is 4.90 Å². The van der Waals surface area contributed by atoms with E-state index in [9.17, 15) is 9.59 Å². The van der Waals surface area contributed by atoms with Crippen molar-refractivity contribution in [2.45, 2.75) is 25.5 Å². The molecule has 3 aliphatic rings. The van der Waals surface area contributed by atoms with Gasteiger partial charge >= 0.3 is 5.91 Å². The van der Waals surface area contributed by atoms with Gasteiger partial charge in [-0.25, -0.2) is 4.79 Å². The summed E-state index contributed by atoms with van der Waals surface area (Å²) in [6, 6.07) is 7.88. The Morgan fingerprint density at radius 1 is 1.27 bits per heavy atom. The van der Waals surface area contributed by atoms with Crippen LogP contribution in [-0.2, 0) is 9.59 Å². The normalized spacial score (nSPS) is 27.6. The molecule has 2 aliphatic heterocycles. The van der Waals surface area contributed by atoms with E-state index in [1.54, 1.807) is 16.3 Å². The molecule has 0 saturated carbocycles. The van der Waals surface area contributed by atoms with Crippen LogP contribution >= 0.6 is 27.7 Å². The predicted molar refractivity (Wildman–Crippen MR) is 126 cm³/mol. The van der Waals surface area contributed by atoms with Crippen LogP contribution in [0.5, 0.6) is 0 Å². The molecule has 1 aliphatic carbocycles. The Balaban J connectivity index is 1.63. The minimum Gasteiger partial charge on any atom is -0.337 e. The van der Waals surface area contributed by atoms with Gasteiger partial charge in [-0.2, -0.15) is 0 Å². The van der Waals surface area contributed by atoms with Crippen LogP contribution in [0, 0.1) is 11.8 Å². The molecular weight excluding hydrogens is 460 g/mol. The second-order valence-corrected chi connectivity index (χ2v) is 10.5. The Hall–Kier alpha value is -1.92. The third-order valence-electron chi connectivity index (χ3n) is 5.64. The van der Waals surface area contributed by atoms with E-state index < -0.39 is 0 Å². The summed E-state index contributed by atoms with van der Waals surface area (Å²) in [7, 11) is 0. The number of hydrogen-bond donors (Lipinski definition) is 0. The topological polar surface area (TPSA) is 40.4 Å². The second-order valence-electron chi connectivity index (χ2n) is 8.41. The number of allylic oxidation sites excluding steroid dienone is 3. The number of carbonyl (C=O) groups is 2. The first-order valence-corrected chi connectivity index (χ1v) is 12.0. The molecule has 0 radical (unpaired) electrons. The summed E-state index contributed by atoms with van der Waals surface area (Å²) < 4.78 is 2.65. The molecule has 3 unspecified atom stereocenters. The minimum absolute atomic E-state index is 0.0321. The van der Waals surface area contributed by atoms with Gasteiger partial charge in [-0.05, 0) is 42.0 Å². The third kappa shape index (κ3) is 4.70. The summed E-state index contributed by atoms with van der Waals surface area (Å²) in [6.07, 6.45) is 11.1. The summed E-state index contributed by atoms with van der Waals surface area (Å²) in [6.45, 7) is 6.02. The van der Waals surface area contributed by atoms with Gasteiger partial charge in [0.25, 0.3) is 5.91 Å². The molecule has 6 heteroatoms. The Morgan fingerprint density at radius 3 is 2.77 bits per heavy atom. The summed E-state index contributed by atoms with van der Waals surface area (Å²) >= 11 is 5.04. The fourth-order valence-electron chi connectivity index (χ4n) is 4.40. The van der Waals surface area contributed by atoms with Crippen LogP contribution in [0.1, 0.15) is 25.8 Å². The average molecular weight is 486 g/mol. The number of fused-ring (bicyclic) bond motifs is 1. The number of nitrogens with zero attached hydrogens (tertiary/aromatic N) is 2. The van der Waals surface area contributed by atoms with E-state index in [1.807, 2.05) is 53.5 Å². The van der Waals surface area contributed by atoms with Crippen molar-refractivity contribution in [1.29, 1.82) is 0 Å². The van der Waals surface area contributed by atoms with E-state index in [4.69, 9.17) is 0 Å². The Bertz CT molecular complexity index is 985. The Morgan fingerprint density at radius 2 is 2.03 bits per heavy atom. The van der Waals surface area contributed by atoms with Crippen molar-refractivity contribution < 1.29 is 14.2 Å². The van der Waals surface area contributed by atoms with Crippen molar-refractivity contribution >= 4 is 51.3 Å². The van der Waals surface area contributed by atoms with Crippen molar-refractivity contribution in [3.05, 3.63) is 63.5 Å². The zero-order chi connectivity index (χ0) is 21.3. The van der Waals surface area contributed by atoms with Gasteiger partial charge < -0.3 is 4.90 Å². The molecule has 1 saturated heterocycles. The lowest BCUT2D eigenvalue weighted by molar-refractivity contribution is -0.435. The molecule has 0 spiro atoms. The number of carbonyl (C=O) groups excluding carboxylic acids is 2. The molecular formula is C24H26BrN2O2S+. The van der Waals surface area contributed by atoms with Gasteiger partial charge in [-0.15, -0.1) is 4.58 Å². The first kappa shape index (κ1) is 21.3. The highest BCUT2D eigenvalue weighted by atomic mass is 79.9. The quantitative estimate of drug-likeness (QED) is 0.466. The van der Waals surface area contributed by atoms with Crippen LogP contribution in [0.3, 0.4) is 0 Å². The largest absolute Gasteiger partial charge is 0.426 e. The van der Waals surface area contributed by atoms with Gasteiger partial charge in [0, 0.05) is 23.6 Å². The fraction of sp³-hybridized carbons (Fsp3) is 0.375. The van der Waals surface area contributed by atoms with E-state index in [1.165, 1.54) is 0 Å². The fourth-order valence-corrected chi connectivity index (χ4v) is 6.00. The molecule has 30 heavy (non-hydrogen) atoms. The number of halogens is 1. The maximum atomic E-state index is 13.4. The second kappa shape index (κ2) is 9.06. The van der Waals surface area contributed by atoms with Crippen molar-refractivity contribution in [3.63, 3.8) is 0 Å². The number of thioether (sulfide) groups is 1. The van der Waals surface area contributed by atoms with Gasteiger partial charge in [-0.3, -0.25) is 4.79 Å². The highest BCUT2D eigenvalue weighted by molar-refractivity contribution is 9.10. The molecule has 0 bridgehead atoms. The van der Waals surface area contributed by atoms with Crippen LogP contribution in [0.15, 0.2) is 57.9 Å². The lowest BCUT2D eigenvalue weighted by Gasteiger charge is -2.34. The smallest absolute Gasteiger partial charge is 0.337 e. The number of hydrogen-bond acceptors (Lipinski definition) is 3. The monoisotopic (exact) mass is 485 g/mol. The highest BCUT2D eigenvalue weighted by Gasteiger charge is 2.40. The Labute approximate surface area is 190 Å². The number of amides is 2. The van der Waals surface area contributed by atoms with Crippen molar-refractivity contribution in [3.8, 4) is 0 Å². The maximum Gasteiger partial charge on any atom is 0.426 e. The molecule has 0 aromatic heterocycles. The van der Waals surface area contributed by atoms with Gasteiger partial charge in [0.1, 0.15) is 10.2 Å². The highest BCUT2D eigenvalue weighted by Crippen LogP contribution is 2.33. The van der Waals surface area contributed by atoms with Crippen molar-refractivity contribution in [2.75, 3.05) is 19.6 Å². The molecule has 4 rings (SSSR count). The summed E-state index contributed by atoms with van der Waals surface area (Å²) in [5, 5.41) is 0.0399. The van der Waals surface area contributed by atoms with Crippen LogP contribution in [0.4, 0.5) is 0 Å². The SMILES string of the molecule is CC1CC(C)CN(C(=O)C[N+]2=C3C=CC=CC3S/C(=C/c3cccc(Br)c3)C2=O)C1. The van der Waals surface area contributed by atoms with Crippen LogP contribution in [0.2, 0.25) is 0 Å². The molecule has 1 aromatic carbocycles. The minimum atomic E-state index is -0.0994. The van der Waals surface area contributed by atoms with Gasteiger partial charge in [0.2, 0.25) is 12.3 Å². The van der Waals surface area contributed by atoms with E-state index in [-0.39, 0.29) is 23.6 Å². The number of rotatable bonds is 3. The summed E-state index contributed by atoms with van der Waals surface area (Å²) in [5.41, 5.74) is 1.86. The first-order valence-electron chi connectivity index (χ1n) is 10.4. The Kier molecular flexibility index (Phi) is 6.44. The molecule has 1 aromatic rings. The number of likely N-dealkylation sites (tertiary alicyclic amines) is 1. The van der Waals surface area contributed by atoms with Crippen molar-refractivity contribution in [2.24, 2.45) is 11.8 Å². The lowest BCUT2D eigenvalue weighted by Crippen LogP contribution is -2.48. The maximum absolute atomic E-state index is 13.4. The zero-order valence-electron chi connectivity index (χ0n) is 17.3. The molecule has 4 nitrogen and oxygen atoms in total. The molecule has 156 valence electrons. The lowest BCUT2D eigenvalue weighted by atomic mass is 9.92. The van der Waals surface area contributed by atoms with E-state index in [2.05, 4.69) is 35.9 Å². The summed E-state index contributed by atoms with van der Waals surface area (Å²) in [4.78, 5) is 29.1. The molecule has 2 heterocycles. The van der Waals surface area contributed by atoms with Crippen LogP contribution in [-0.4, -0.2) is 51.9 Å². The van der Waals surface area contributed by atoms with Gasteiger partial charge in [-0.1, -0.05) is 71.9 Å². The van der Waals surface area contributed by atoms with E-state index in [0.29, 0.717) is 16.7 Å². The number of benzene rings is 1. The molecule has 3 atom stereocenters.